The van der Waals surface area contributed by atoms with E-state index in [4.69, 9.17) is 4.52 Å². The zero-order chi connectivity index (χ0) is 16.2. The van der Waals surface area contributed by atoms with Crippen molar-refractivity contribution in [3.63, 3.8) is 0 Å². The second-order valence-corrected chi connectivity index (χ2v) is 5.52. The Kier molecular flexibility index (Phi) is 4.57. The van der Waals surface area contributed by atoms with Crippen molar-refractivity contribution < 1.29 is 18.8 Å². The molecule has 1 atom stereocenters. The van der Waals surface area contributed by atoms with Gasteiger partial charge in [-0.3, -0.25) is 0 Å². The van der Waals surface area contributed by atoms with Gasteiger partial charge in [-0.2, -0.15) is 0 Å². The second kappa shape index (κ2) is 6.78. The molecule has 6 nitrogen and oxygen atoms in total. The van der Waals surface area contributed by atoms with E-state index in [1.54, 1.807) is 23.1 Å². The predicted molar refractivity (Wildman–Crippen MR) is 80.9 cm³/mol. The summed E-state index contributed by atoms with van der Waals surface area (Å²) in [5.74, 6) is 0.200. The van der Waals surface area contributed by atoms with Gasteiger partial charge in [0.25, 0.3) is 0 Å². The zero-order valence-corrected chi connectivity index (χ0v) is 12.5. The average Bonchev–Trinajstić information content (AvgIpc) is 3.22. The Morgan fingerprint density at radius 1 is 1.43 bits per heavy atom. The number of rotatable bonds is 4. The maximum atomic E-state index is 12.9. The van der Waals surface area contributed by atoms with Crippen LogP contribution in [0.5, 0.6) is 0 Å². The molecule has 0 aliphatic carbocycles. The first-order valence-electron chi connectivity index (χ1n) is 7.54. The minimum atomic E-state index is -0.311. The summed E-state index contributed by atoms with van der Waals surface area (Å²) in [5, 5.41) is 15.9. The maximum Gasteiger partial charge on any atom is 0.318 e. The highest BCUT2D eigenvalue weighted by molar-refractivity contribution is 5.74. The molecule has 1 aliphatic rings. The van der Waals surface area contributed by atoms with Crippen molar-refractivity contribution in [3.05, 3.63) is 41.9 Å². The molecule has 0 bridgehead atoms. The lowest BCUT2D eigenvalue weighted by molar-refractivity contribution is 0.156. The normalized spacial score (nSPS) is 17.5. The molecule has 2 heterocycles. The van der Waals surface area contributed by atoms with Crippen LogP contribution in [0.3, 0.4) is 0 Å². The summed E-state index contributed by atoms with van der Waals surface area (Å²) in [6.45, 7) is 0.834. The molecule has 122 valence electrons. The molecular formula is C16H18FN3O3. The zero-order valence-electron chi connectivity index (χ0n) is 12.5. The van der Waals surface area contributed by atoms with Crippen LogP contribution < -0.4 is 5.32 Å². The summed E-state index contributed by atoms with van der Waals surface area (Å²) >= 11 is 0. The minimum absolute atomic E-state index is 0.0234. The van der Waals surface area contributed by atoms with Crippen LogP contribution in [0.15, 0.2) is 34.9 Å². The van der Waals surface area contributed by atoms with Crippen LogP contribution in [0.1, 0.15) is 18.6 Å². The first-order valence-corrected chi connectivity index (χ1v) is 7.54. The number of halogens is 1. The maximum absolute atomic E-state index is 12.9. The number of carbonyl (C=O) groups excluding carboxylic acids is 1. The van der Waals surface area contributed by atoms with Crippen LogP contribution in [-0.4, -0.2) is 40.4 Å². The lowest BCUT2D eigenvalue weighted by atomic mass is 10.1. The number of nitrogens with zero attached hydrogens (tertiary/aromatic N) is 2. The highest BCUT2D eigenvalue weighted by Gasteiger charge is 2.27. The molecule has 3 rings (SSSR count). The summed E-state index contributed by atoms with van der Waals surface area (Å²) in [5.41, 5.74) is 1.33. The Morgan fingerprint density at radius 2 is 2.22 bits per heavy atom. The lowest BCUT2D eigenvalue weighted by Gasteiger charge is -2.22. The standard InChI is InChI=1S/C16H18FN3O3/c17-12-5-3-11(4-6-12)15-8-14(23-19-15)9-18-16(22)20-7-1-2-13(20)10-21/h3-6,8,13,21H,1-2,7,9-10H2,(H,18,22)/t13-/m0/s1. The molecule has 2 amide bonds. The van der Waals surface area contributed by atoms with E-state index < -0.39 is 0 Å². The molecule has 1 aromatic heterocycles. The van der Waals surface area contributed by atoms with Crippen LogP contribution in [0.2, 0.25) is 0 Å². The lowest BCUT2D eigenvalue weighted by Crippen LogP contribution is -2.43. The van der Waals surface area contributed by atoms with Gasteiger partial charge in [0.15, 0.2) is 5.76 Å². The fraction of sp³-hybridized carbons (Fsp3) is 0.375. The Morgan fingerprint density at radius 3 is 2.96 bits per heavy atom. The minimum Gasteiger partial charge on any atom is -0.394 e. The Labute approximate surface area is 132 Å². The third-order valence-electron chi connectivity index (χ3n) is 3.96. The molecule has 2 N–H and O–H groups in total. The Balaban J connectivity index is 1.59. The van der Waals surface area contributed by atoms with Gasteiger partial charge in [-0.25, -0.2) is 9.18 Å². The first kappa shape index (κ1) is 15.5. The van der Waals surface area contributed by atoms with E-state index in [1.807, 2.05) is 0 Å². The number of likely N-dealkylation sites (tertiary alicyclic amines) is 1. The van der Waals surface area contributed by atoms with Crippen molar-refractivity contribution in [1.82, 2.24) is 15.4 Å². The fourth-order valence-corrected chi connectivity index (χ4v) is 2.71. The fourth-order valence-electron chi connectivity index (χ4n) is 2.71. The van der Waals surface area contributed by atoms with Crippen LogP contribution in [-0.2, 0) is 6.54 Å². The van der Waals surface area contributed by atoms with Crippen molar-refractivity contribution in [2.75, 3.05) is 13.2 Å². The van der Waals surface area contributed by atoms with Gasteiger partial charge in [0.05, 0.1) is 19.2 Å². The van der Waals surface area contributed by atoms with Gasteiger partial charge in [0, 0.05) is 18.2 Å². The second-order valence-electron chi connectivity index (χ2n) is 5.52. The molecule has 0 spiro atoms. The summed E-state index contributed by atoms with van der Waals surface area (Å²) in [4.78, 5) is 13.7. The van der Waals surface area contributed by atoms with Crippen molar-refractivity contribution >= 4 is 6.03 Å². The van der Waals surface area contributed by atoms with Gasteiger partial charge in [0.2, 0.25) is 0 Å². The third-order valence-corrected chi connectivity index (χ3v) is 3.96. The SMILES string of the molecule is O=C(NCc1cc(-c2ccc(F)cc2)no1)N1CCC[C@H]1CO. The van der Waals surface area contributed by atoms with Gasteiger partial charge in [0.1, 0.15) is 11.5 Å². The number of carbonyl (C=O) groups is 1. The first-order chi connectivity index (χ1) is 11.2. The molecule has 0 unspecified atom stereocenters. The highest BCUT2D eigenvalue weighted by Crippen LogP contribution is 2.20. The molecule has 0 radical (unpaired) electrons. The molecule has 0 saturated carbocycles. The molecule has 2 aromatic rings. The van der Waals surface area contributed by atoms with E-state index in [0.29, 0.717) is 18.0 Å². The molecule has 1 aliphatic heterocycles. The smallest absolute Gasteiger partial charge is 0.318 e. The highest BCUT2D eigenvalue weighted by atomic mass is 19.1. The van der Waals surface area contributed by atoms with Crippen LogP contribution >= 0.6 is 0 Å². The monoisotopic (exact) mass is 319 g/mol. The summed E-state index contributed by atoms with van der Waals surface area (Å²) in [7, 11) is 0. The van der Waals surface area contributed by atoms with Crippen molar-refractivity contribution in [2.24, 2.45) is 0 Å². The van der Waals surface area contributed by atoms with Crippen LogP contribution in [0.4, 0.5) is 9.18 Å². The summed E-state index contributed by atoms with van der Waals surface area (Å²) < 4.78 is 18.1. The number of nitrogens with one attached hydrogen (secondary N) is 1. The molecule has 1 fully saturated rings. The summed E-state index contributed by atoms with van der Waals surface area (Å²) in [6, 6.07) is 7.32. The van der Waals surface area contributed by atoms with E-state index in [2.05, 4.69) is 10.5 Å². The topological polar surface area (TPSA) is 78.6 Å². The molecular weight excluding hydrogens is 301 g/mol. The molecule has 1 aromatic carbocycles. The van der Waals surface area contributed by atoms with Gasteiger partial charge in [-0.05, 0) is 37.1 Å². The van der Waals surface area contributed by atoms with E-state index in [9.17, 15) is 14.3 Å². The summed E-state index contributed by atoms with van der Waals surface area (Å²) in [6.07, 6.45) is 1.72. The predicted octanol–water partition coefficient (Wildman–Crippen LogP) is 2.15. The number of aliphatic hydroxyl groups is 1. The Bertz CT molecular complexity index is 671. The largest absolute Gasteiger partial charge is 0.394 e. The van der Waals surface area contributed by atoms with Crippen molar-refractivity contribution in [1.29, 1.82) is 0 Å². The number of hydrogen-bond donors (Lipinski definition) is 2. The van der Waals surface area contributed by atoms with Gasteiger partial charge < -0.3 is 19.8 Å². The van der Waals surface area contributed by atoms with Crippen LogP contribution in [0.25, 0.3) is 11.3 Å². The number of hydrogen-bond acceptors (Lipinski definition) is 4. The van der Waals surface area contributed by atoms with Crippen molar-refractivity contribution in [2.45, 2.75) is 25.4 Å². The quantitative estimate of drug-likeness (QED) is 0.905. The number of aromatic nitrogens is 1. The van der Waals surface area contributed by atoms with E-state index >= 15 is 0 Å². The molecule has 23 heavy (non-hydrogen) atoms. The molecule has 1 saturated heterocycles. The number of urea groups is 1. The third kappa shape index (κ3) is 3.50. The van der Waals surface area contributed by atoms with E-state index in [0.717, 1.165) is 18.4 Å². The van der Waals surface area contributed by atoms with Gasteiger partial charge in [-0.15, -0.1) is 0 Å². The Hall–Kier alpha value is -2.41. The number of amides is 2. The molecule has 7 heteroatoms. The average molecular weight is 319 g/mol. The van der Waals surface area contributed by atoms with E-state index in [1.165, 1.54) is 12.1 Å². The number of benzene rings is 1. The van der Waals surface area contributed by atoms with E-state index in [-0.39, 0.29) is 31.0 Å². The van der Waals surface area contributed by atoms with Gasteiger partial charge >= 0.3 is 6.03 Å². The van der Waals surface area contributed by atoms with Gasteiger partial charge in [-0.1, -0.05) is 5.16 Å². The number of aliphatic hydroxyl groups excluding tert-OH is 1. The van der Waals surface area contributed by atoms with Crippen molar-refractivity contribution in [3.8, 4) is 11.3 Å². The van der Waals surface area contributed by atoms with Crippen LogP contribution in [0, 0.1) is 5.82 Å².